The maximum Gasteiger partial charge on any atom is 0.129 e. The Morgan fingerprint density at radius 1 is 1.06 bits per heavy atom. The lowest BCUT2D eigenvalue weighted by molar-refractivity contribution is 0.00727. The van der Waals surface area contributed by atoms with Gasteiger partial charge in [0.1, 0.15) is 11.4 Å². The fraction of sp³-hybridized carbons (Fsp3) is 0.600. The molecule has 0 spiro atoms. The topological polar surface area (TPSA) is 29.5 Å². The number of hydrogen-bond acceptors (Lipinski definition) is 2. The first kappa shape index (κ1) is 12.4. The minimum absolute atomic E-state index is 0.0812. The number of benzene rings is 1. The summed E-state index contributed by atoms with van der Waals surface area (Å²) in [5.41, 5.74) is 6.18. The normalized spacial score (nSPS) is 23.2. The van der Waals surface area contributed by atoms with Crippen molar-refractivity contribution in [3.05, 3.63) is 27.8 Å². The summed E-state index contributed by atoms with van der Waals surface area (Å²) in [5, 5.41) is 9.43. The standard InChI is InChI=1S/C15H22O2/c1-9-10(2)12(4)14-13(11(9)3)6-7-15(5,8-16)17-14/h16H,6-8H2,1-5H3/t15-/m0/s1. The molecule has 17 heavy (non-hydrogen) atoms. The predicted octanol–water partition coefficient (Wildman–Crippen LogP) is 3.00. The number of aliphatic hydroxyl groups excluding tert-OH is 1. The van der Waals surface area contributed by atoms with E-state index in [-0.39, 0.29) is 6.61 Å². The zero-order valence-electron chi connectivity index (χ0n) is 11.5. The van der Waals surface area contributed by atoms with E-state index in [9.17, 15) is 5.11 Å². The first-order valence-electron chi connectivity index (χ1n) is 6.29. The molecule has 0 aromatic heterocycles. The van der Waals surface area contributed by atoms with Gasteiger partial charge in [-0.25, -0.2) is 0 Å². The highest BCUT2D eigenvalue weighted by atomic mass is 16.5. The molecule has 0 saturated carbocycles. The highest BCUT2D eigenvalue weighted by Gasteiger charge is 2.33. The minimum Gasteiger partial charge on any atom is -0.485 e. The largest absolute Gasteiger partial charge is 0.485 e. The van der Waals surface area contributed by atoms with Gasteiger partial charge in [-0.05, 0) is 75.3 Å². The summed E-state index contributed by atoms with van der Waals surface area (Å²) < 4.78 is 6.07. The van der Waals surface area contributed by atoms with Gasteiger partial charge >= 0.3 is 0 Å². The van der Waals surface area contributed by atoms with Crippen LogP contribution in [0, 0.1) is 27.7 Å². The minimum atomic E-state index is -0.411. The second kappa shape index (κ2) is 4.02. The maximum atomic E-state index is 9.43. The summed E-state index contributed by atoms with van der Waals surface area (Å²) in [6.45, 7) is 10.7. The van der Waals surface area contributed by atoms with Crippen molar-refractivity contribution in [3.8, 4) is 5.75 Å². The lowest BCUT2D eigenvalue weighted by atomic mass is 9.85. The highest BCUT2D eigenvalue weighted by Crippen LogP contribution is 2.40. The second-order valence-corrected chi connectivity index (χ2v) is 5.52. The van der Waals surface area contributed by atoms with Crippen molar-refractivity contribution in [1.82, 2.24) is 0 Å². The highest BCUT2D eigenvalue weighted by molar-refractivity contribution is 5.55. The molecule has 0 fully saturated rings. The first-order chi connectivity index (χ1) is 7.89. The fourth-order valence-electron chi connectivity index (χ4n) is 2.59. The molecule has 0 saturated heterocycles. The van der Waals surface area contributed by atoms with Crippen LogP contribution in [0.5, 0.6) is 5.75 Å². The van der Waals surface area contributed by atoms with E-state index in [0.717, 1.165) is 18.6 Å². The smallest absolute Gasteiger partial charge is 0.129 e. The molecule has 1 heterocycles. The summed E-state index contributed by atoms with van der Waals surface area (Å²) in [6, 6.07) is 0. The molecule has 0 bridgehead atoms. The molecule has 94 valence electrons. The van der Waals surface area contributed by atoms with Crippen LogP contribution in [-0.4, -0.2) is 17.3 Å². The number of hydrogen-bond donors (Lipinski definition) is 1. The van der Waals surface area contributed by atoms with E-state index in [1.54, 1.807) is 0 Å². The van der Waals surface area contributed by atoms with E-state index >= 15 is 0 Å². The van der Waals surface area contributed by atoms with Crippen LogP contribution < -0.4 is 4.74 Å². The zero-order valence-corrected chi connectivity index (χ0v) is 11.5. The molecule has 0 radical (unpaired) electrons. The van der Waals surface area contributed by atoms with E-state index in [1.165, 1.54) is 27.8 Å². The van der Waals surface area contributed by atoms with E-state index in [1.807, 2.05) is 6.92 Å². The summed E-state index contributed by atoms with van der Waals surface area (Å²) in [7, 11) is 0. The molecule has 1 aliphatic rings. The lowest BCUT2D eigenvalue weighted by Crippen LogP contribution is -2.40. The third kappa shape index (κ3) is 1.85. The van der Waals surface area contributed by atoms with Gasteiger partial charge in [0, 0.05) is 0 Å². The Balaban J connectivity index is 2.59. The predicted molar refractivity (Wildman–Crippen MR) is 69.8 cm³/mol. The molecule has 0 amide bonds. The molecule has 0 unspecified atom stereocenters. The molecule has 1 aromatic rings. The van der Waals surface area contributed by atoms with Gasteiger partial charge in [-0.3, -0.25) is 0 Å². The molecule has 2 nitrogen and oxygen atoms in total. The van der Waals surface area contributed by atoms with Crippen LogP contribution in [0.3, 0.4) is 0 Å². The zero-order chi connectivity index (χ0) is 12.8. The van der Waals surface area contributed by atoms with Crippen molar-refractivity contribution in [2.24, 2.45) is 0 Å². The van der Waals surface area contributed by atoms with Gasteiger partial charge in [-0.1, -0.05) is 0 Å². The molecule has 2 heteroatoms. The van der Waals surface area contributed by atoms with Crippen molar-refractivity contribution < 1.29 is 9.84 Å². The molecular formula is C15H22O2. The number of ether oxygens (including phenoxy) is 1. The van der Waals surface area contributed by atoms with Crippen LogP contribution >= 0.6 is 0 Å². The fourth-order valence-corrected chi connectivity index (χ4v) is 2.59. The van der Waals surface area contributed by atoms with Crippen LogP contribution in [-0.2, 0) is 6.42 Å². The maximum absolute atomic E-state index is 9.43. The number of rotatable bonds is 1. The van der Waals surface area contributed by atoms with Gasteiger partial charge in [0.15, 0.2) is 0 Å². The molecule has 0 aliphatic carbocycles. The van der Waals surface area contributed by atoms with Crippen molar-refractivity contribution >= 4 is 0 Å². The molecule has 1 atom stereocenters. The lowest BCUT2D eigenvalue weighted by Gasteiger charge is -2.36. The Morgan fingerprint density at radius 3 is 2.24 bits per heavy atom. The van der Waals surface area contributed by atoms with Gasteiger partial charge in [0.05, 0.1) is 6.61 Å². The monoisotopic (exact) mass is 234 g/mol. The Hall–Kier alpha value is -1.02. The van der Waals surface area contributed by atoms with E-state index < -0.39 is 5.60 Å². The van der Waals surface area contributed by atoms with Gasteiger partial charge in [0.2, 0.25) is 0 Å². The van der Waals surface area contributed by atoms with Crippen LogP contribution in [0.15, 0.2) is 0 Å². The van der Waals surface area contributed by atoms with E-state index in [4.69, 9.17) is 4.74 Å². The molecule has 1 aromatic carbocycles. The van der Waals surface area contributed by atoms with Crippen molar-refractivity contribution in [2.45, 2.75) is 53.1 Å². The number of fused-ring (bicyclic) bond motifs is 1. The first-order valence-corrected chi connectivity index (χ1v) is 6.29. The average molecular weight is 234 g/mol. The Kier molecular flexibility index (Phi) is 2.94. The summed E-state index contributed by atoms with van der Waals surface area (Å²) in [6.07, 6.45) is 1.89. The van der Waals surface area contributed by atoms with Crippen molar-refractivity contribution in [3.63, 3.8) is 0 Å². The van der Waals surface area contributed by atoms with Crippen LogP contribution in [0.4, 0.5) is 0 Å². The summed E-state index contributed by atoms with van der Waals surface area (Å²) >= 11 is 0. The molecule has 2 rings (SSSR count). The molecular weight excluding hydrogens is 212 g/mol. The SMILES string of the molecule is Cc1c(C)c(C)c2c(c1C)CC[C@@](C)(CO)O2. The van der Waals surface area contributed by atoms with Crippen LogP contribution in [0.25, 0.3) is 0 Å². The van der Waals surface area contributed by atoms with Crippen molar-refractivity contribution in [2.75, 3.05) is 6.61 Å². The van der Waals surface area contributed by atoms with E-state index in [0.29, 0.717) is 0 Å². The molecule has 1 aliphatic heterocycles. The third-order valence-corrected chi connectivity index (χ3v) is 4.34. The van der Waals surface area contributed by atoms with Gasteiger partial charge in [-0.15, -0.1) is 0 Å². The second-order valence-electron chi connectivity index (χ2n) is 5.52. The Morgan fingerprint density at radius 2 is 1.65 bits per heavy atom. The summed E-state index contributed by atoms with van der Waals surface area (Å²) in [4.78, 5) is 0. The van der Waals surface area contributed by atoms with Gasteiger partial charge in [0.25, 0.3) is 0 Å². The number of aliphatic hydroxyl groups is 1. The van der Waals surface area contributed by atoms with Gasteiger partial charge in [-0.2, -0.15) is 0 Å². The third-order valence-electron chi connectivity index (χ3n) is 4.34. The van der Waals surface area contributed by atoms with Crippen molar-refractivity contribution in [1.29, 1.82) is 0 Å². The average Bonchev–Trinajstić information content (AvgIpc) is 2.33. The quantitative estimate of drug-likeness (QED) is 0.809. The summed E-state index contributed by atoms with van der Waals surface area (Å²) in [5.74, 6) is 1.01. The van der Waals surface area contributed by atoms with E-state index in [2.05, 4.69) is 27.7 Å². The Bertz CT molecular complexity index is 463. The Labute approximate surface area is 104 Å². The molecule has 1 N–H and O–H groups in total. The van der Waals surface area contributed by atoms with Crippen LogP contribution in [0.2, 0.25) is 0 Å². The van der Waals surface area contributed by atoms with Crippen LogP contribution in [0.1, 0.15) is 41.2 Å². The van der Waals surface area contributed by atoms with Gasteiger partial charge < -0.3 is 9.84 Å².